The topological polar surface area (TPSA) is 44.8 Å². The predicted octanol–water partition coefficient (Wildman–Crippen LogP) is 6.95. The maximum Gasteiger partial charge on any atom is 0.509 e. The Balaban J connectivity index is 3.28. The molecule has 5 heteroatoms. The van der Waals surface area contributed by atoms with Crippen molar-refractivity contribution in [2.24, 2.45) is 0 Å². The van der Waals surface area contributed by atoms with Gasteiger partial charge in [0.2, 0.25) is 8.32 Å². The van der Waals surface area contributed by atoms with E-state index < -0.39 is 20.1 Å². The highest BCUT2D eigenvalue weighted by Crippen LogP contribution is 2.39. The van der Waals surface area contributed by atoms with Gasteiger partial charge in [-0.3, -0.25) is 0 Å². The first-order valence-corrected chi connectivity index (χ1v) is 12.6. The van der Waals surface area contributed by atoms with Gasteiger partial charge in [0.15, 0.2) is 6.61 Å². The second-order valence-electron chi connectivity index (χ2n) is 9.38. The Bertz CT molecular complexity index is 692. The molecule has 0 aliphatic carbocycles. The summed E-state index contributed by atoms with van der Waals surface area (Å²) >= 11 is 0. The van der Waals surface area contributed by atoms with E-state index in [2.05, 4.69) is 40.4 Å². The quantitative estimate of drug-likeness (QED) is 0.213. The molecule has 0 aromatic heterocycles. The molecule has 0 fully saturated rings. The highest BCUT2D eigenvalue weighted by atomic mass is 28.4. The third-order valence-corrected chi connectivity index (χ3v) is 9.07. The maximum absolute atomic E-state index is 12.1. The molecule has 0 N–H and O–H groups in total. The lowest BCUT2D eigenvalue weighted by molar-refractivity contribution is -0.00649. The summed E-state index contributed by atoms with van der Waals surface area (Å²) in [5, 5.41) is 0.0140. The number of hydrogen-bond acceptors (Lipinski definition) is 4. The zero-order chi connectivity index (χ0) is 21.6. The average molecular weight is 405 g/mol. The third kappa shape index (κ3) is 7.54. The number of rotatable bonds is 7. The fraction of sp³-hybridized carbons (Fsp3) is 0.522. The average Bonchev–Trinajstić information content (AvgIpc) is 2.55. The van der Waals surface area contributed by atoms with E-state index in [1.807, 2.05) is 57.2 Å². The van der Waals surface area contributed by atoms with Gasteiger partial charge < -0.3 is 13.9 Å². The van der Waals surface area contributed by atoms with Crippen LogP contribution in [0.5, 0.6) is 0 Å². The molecule has 0 aliphatic rings. The number of ether oxygens (including phenoxy) is 2. The van der Waals surface area contributed by atoms with Crippen molar-refractivity contribution in [3.8, 4) is 0 Å². The molecule has 0 atom stereocenters. The van der Waals surface area contributed by atoms with Gasteiger partial charge in [-0.05, 0) is 50.9 Å². The summed E-state index contributed by atoms with van der Waals surface area (Å²) in [6, 6.07) is 10.00. The number of allylic oxidation sites excluding steroid dienone is 2. The number of benzene rings is 1. The van der Waals surface area contributed by atoms with Crippen LogP contribution in [0.15, 0.2) is 48.7 Å². The van der Waals surface area contributed by atoms with Crippen LogP contribution in [-0.4, -0.2) is 26.7 Å². The van der Waals surface area contributed by atoms with E-state index in [4.69, 9.17) is 13.9 Å². The smallest absolute Gasteiger partial charge is 0.509 e. The van der Waals surface area contributed by atoms with Crippen LogP contribution < -0.4 is 0 Å². The van der Waals surface area contributed by atoms with Crippen molar-refractivity contribution in [1.82, 2.24) is 0 Å². The lowest BCUT2D eigenvalue weighted by Gasteiger charge is -2.38. The monoisotopic (exact) mass is 404 g/mol. The van der Waals surface area contributed by atoms with Gasteiger partial charge in [-0.25, -0.2) is 4.79 Å². The first-order valence-electron chi connectivity index (χ1n) is 9.70. The van der Waals surface area contributed by atoms with E-state index in [9.17, 15) is 4.79 Å². The van der Waals surface area contributed by atoms with Crippen molar-refractivity contribution in [3.05, 3.63) is 54.3 Å². The Labute approximate surface area is 171 Å². The van der Waals surface area contributed by atoms with E-state index in [-0.39, 0.29) is 11.6 Å². The van der Waals surface area contributed by atoms with E-state index in [0.717, 1.165) is 11.1 Å². The van der Waals surface area contributed by atoms with E-state index in [1.54, 1.807) is 0 Å². The van der Waals surface area contributed by atoms with Gasteiger partial charge >= 0.3 is 6.16 Å². The number of carbonyl (C=O) groups is 1. The SMILES string of the molecule is C=CC/C(=C(\COC(=O)OC(C)(C)C)O[Si](C)(C)C(C)(C)C)c1ccccc1. The van der Waals surface area contributed by atoms with Gasteiger partial charge in [0, 0.05) is 5.57 Å². The largest absolute Gasteiger partial charge is 0.544 e. The summed E-state index contributed by atoms with van der Waals surface area (Å²) in [5.41, 5.74) is 1.40. The Morgan fingerprint density at radius 3 is 2.11 bits per heavy atom. The summed E-state index contributed by atoms with van der Waals surface area (Å²) < 4.78 is 17.3. The van der Waals surface area contributed by atoms with Crippen molar-refractivity contribution in [2.75, 3.05) is 6.61 Å². The molecule has 0 aliphatic heterocycles. The molecule has 1 aromatic rings. The minimum atomic E-state index is -2.14. The highest BCUT2D eigenvalue weighted by Gasteiger charge is 2.40. The third-order valence-electron chi connectivity index (χ3n) is 4.70. The van der Waals surface area contributed by atoms with E-state index in [0.29, 0.717) is 12.2 Å². The van der Waals surface area contributed by atoms with Gasteiger partial charge in [0.25, 0.3) is 0 Å². The van der Waals surface area contributed by atoms with E-state index >= 15 is 0 Å². The second-order valence-corrected chi connectivity index (χ2v) is 14.1. The van der Waals surface area contributed by atoms with Crippen molar-refractivity contribution in [2.45, 2.75) is 71.7 Å². The molecule has 0 saturated heterocycles. The van der Waals surface area contributed by atoms with Gasteiger partial charge in [0.1, 0.15) is 11.4 Å². The molecular weight excluding hydrogens is 368 g/mol. The Morgan fingerprint density at radius 1 is 1.07 bits per heavy atom. The van der Waals surface area contributed by atoms with Crippen LogP contribution >= 0.6 is 0 Å². The Kier molecular flexibility index (Phi) is 8.12. The predicted molar refractivity (Wildman–Crippen MR) is 119 cm³/mol. The molecule has 0 bridgehead atoms. The van der Waals surface area contributed by atoms with Gasteiger partial charge in [-0.2, -0.15) is 0 Å². The van der Waals surface area contributed by atoms with Gasteiger partial charge in [-0.1, -0.05) is 57.2 Å². The molecule has 0 unspecified atom stereocenters. The van der Waals surface area contributed by atoms with Gasteiger partial charge in [0.05, 0.1) is 0 Å². The lowest BCUT2D eigenvalue weighted by atomic mass is 10.0. The molecule has 0 spiro atoms. The maximum atomic E-state index is 12.1. The molecule has 0 radical (unpaired) electrons. The molecular formula is C23H36O4Si. The molecule has 0 amide bonds. The van der Waals surface area contributed by atoms with Crippen LogP contribution in [0.1, 0.15) is 53.5 Å². The van der Waals surface area contributed by atoms with Crippen LogP contribution in [0.25, 0.3) is 5.57 Å². The zero-order valence-corrected chi connectivity index (χ0v) is 19.7. The van der Waals surface area contributed by atoms with Crippen molar-refractivity contribution in [1.29, 1.82) is 0 Å². The minimum absolute atomic E-state index is 0.0140. The first-order chi connectivity index (χ1) is 12.8. The standard InChI is InChI=1S/C23H36O4Si/c1-10-14-19(18-15-12-11-13-16-18)20(27-28(8,9)23(5,6)7)17-25-21(24)26-22(2,3)4/h10-13,15-16H,1,14,17H2,2-9H3/b20-19-. The van der Waals surface area contributed by atoms with Crippen molar-refractivity contribution < 1.29 is 18.7 Å². The molecule has 1 rings (SSSR count). The van der Waals surface area contributed by atoms with Crippen molar-refractivity contribution >= 4 is 20.0 Å². The molecule has 4 nitrogen and oxygen atoms in total. The fourth-order valence-electron chi connectivity index (χ4n) is 2.22. The summed E-state index contributed by atoms with van der Waals surface area (Å²) in [6.45, 7) is 20.2. The molecule has 0 saturated carbocycles. The molecule has 156 valence electrons. The molecule has 1 aromatic carbocycles. The number of hydrogen-bond donors (Lipinski definition) is 0. The van der Waals surface area contributed by atoms with Gasteiger partial charge in [-0.15, -0.1) is 6.58 Å². The highest BCUT2D eigenvalue weighted by molar-refractivity contribution is 6.74. The first kappa shape index (κ1) is 24.0. The van der Waals surface area contributed by atoms with E-state index in [1.165, 1.54) is 0 Å². The Hall–Kier alpha value is -2.01. The van der Waals surface area contributed by atoms with Crippen LogP contribution in [0.4, 0.5) is 4.79 Å². The van der Waals surface area contributed by atoms with Crippen molar-refractivity contribution in [3.63, 3.8) is 0 Å². The van der Waals surface area contributed by atoms with Crippen LogP contribution in [0, 0.1) is 0 Å². The summed E-state index contributed by atoms with van der Waals surface area (Å²) in [5.74, 6) is 0.670. The van der Waals surface area contributed by atoms with Crippen LogP contribution in [0.3, 0.4) is 0 Å². The summed E-state index contributed by atoms with van der Waals surface area (Å²) in [6.07, 6.45) is 1.76. The van der Waals surface area contributed by atoms with Crippen LogP contribution in [-0.2, 0) is 13.9 Å². The summed E-state index contributed by atoms with van der Waals surface area (Å²) in [7, 11) is -2.14. The molecule has 28 heavy (non-hydrogen) atoms. The van der Waals surface area contributed by atoms with Crippen LogP contribution in [0.2, 0.25) is 18.1 Å². The summed E-state index contributed by atoms with van der Waals surface area (Å²) in [4.78, 5) is 12.1. The second kappa shape index (κ2) is 9.46. The zero-order valence-electron chi connectivity index (χ0n) is 18.7. The minimum Gasteiger partial charge on any atom is -0.544 e. The normalized spacial score (nSPS) is 13.4. The number of carbonyl (C=O) groups excluding carboxylic acids is 1. The molecule has 0 heterocycles. The Morgan fingerprint density at radius 2 is 1.64 bits per heavy atom. The fourth-order valence-corrected chi connectivity index (χ4v) is 3.32. The lowest BCUT2D eigenvalue weighted by Crippen LogP contribution is -2.41.